The van der Waals surface area contributed by atoms with Gasteiger partial charge in [0.25, 0.3) is 5.56 Å². The summed E-state index contributed by atoms with van der Waals surface area (Å²) in [5.41, 5.74) is -0.185. The molecule has 0 aliphatic heterocycles. The summed E-state index contributed by atoms with van der Waals surface area (Å²) in [6, 6.07) is 4.01. The maximum absolute atomic E-state index is 11.9. The second kappa shape index (κ2) is 5.02. The molecule has 0 saturated heterocycles. The predicted octanol–water partition coefficient (Wildman–Crippen LogP) is 2.80. The van der Waals surface area contributed by atoms with Crippen LogP contribution in [0.3, 0.4) is 0 Å². The number of nitrogens with zero attached hydrogens (tertiary/aromatic N) is 2. The van der Waals surface area contributed by atoms with Gasteiger partial charge in [0, 0.05) is 12.2 Å². The first-order valence-electron chi connectivity index (χ1n) is 6.35. The lowest BCUT2D eigenvalue weighted by Gasteiger charge is -2.22. The molecule has 0 bridgehead atoms. The van der Waals surface area contributed by atoms with Crippen LogP contribution in [0.15, 0.2) is 23.1 Å². The van der Waals surface area contributed by atoms with Crippen LogP contribution in [0.4, 0.5) is 5.13 Å². The van der Waals surface area contributed by atoms with Gasteiger partial charge in [-0.05, 0) is 25.0 Å². The molecule has 1 aliphatic rings. The molecule has 5 heteroatoms. The summed E-state index contributed by atoms with van der Waals surface area (Å²) in [7, 11) is 0. The third-order valence-electron chi connectivity index (χ3n) is 3.33. The Kier molecular flexibility index (Phi) is 3.23. The monoisotopic (exact) mass is 261 g/mol. The Morgan fingerprint density at radius 1 is 1.28 bits per heavy atom. The summed E-state index contributed by atoms with van der Waals surface area (Å²) in [5.74, 6) is 0. The number of hydrogen-bond acceptors (Lipinski definition) is 5. The molecule has 3 rings (SSSR count). The SMILES string of the molecule is O=c1nc(NC2CCCCC2)sc2ncccc12. The average Bonchev–Trinajstić information content (AvgIpc) is 2.40. The maximum atomic E-state index is 11.9. The van der Waals surface area contributed by atoms with Gasteiger partial charge in [-0.3, -0.25) is 4.79 Å². The Balaban J connectivity index is 1.90. The van der Waals surface area contributed by atoms with Gasteiger partial charge in [-0.2, -0.15) is 4.98 Å². The zero-order chi connectivity index (χ0) is 12.4. The van der Waals surface area contributed by atoms with Crippen LogP contribution < -0.4 is 10.9 Å². The molecule has 2 aromatic heterocycles. The fourth-order valence-corrected chi connectivity index (χ4v) is 3.30. The molecule has 18 heavy (non-hydrogen) atoms. The molecule has 2 heterocycles. The first-order valence-corrected chi connectivity index (χ1v) is 7.17. The van der Waals surface area contributed by atoms with Crippen LogP contribution in [0.2, 0.25) is 0 Å². The van der Waals surface area contributed by atoms with Crippen molar-refractivity contribution in [1.82, 2.24) is 9.97 Å². The lowest BCUT2D eigenvalue weighted by atomic mass is 9.96. The van der Waals surface area contributed by atoms with Gasteiger partial charge in [0.2, 0.25) is 0 Å². The second-order valence-corrected chi connectivity index (χ2v) is 5.64. The summed E-state index contributed by atoms with van der Waals surface area (Å²) in [6.45, 7) is 0. The Hall–Kier alpha value is -1.49. The second-order valence-electron chi connectivity index (χ2n) is 4.66. The minimum absolute atomic E-state index is 0.185. The average molecular weight is 261 g/mol. The van der Waals surface area contributed by atoms with E-state index in [9.17, 15) is 4.79 Å². The third-order valence-corrected chi connectivity index (χ3v) is 4.25. The van der Waals surface area contributed by atoms with Crippen LogP contribution in [0, 0.1) is 0 Å². The van der Waals surface area contributed by atoms with Gasteiger partial charge in [0.15, 0.2) is 5.13 Å². The van der Waals surface area contributed by atoms with Gasteiger partial charge in [-0.25, -0.2) is 4.98 Å². The largest absolute Gasteiger partial charge is 0.359 e. The molecule has 1 fully saturated rings. The molecule has 1 saturated carbocycles. The summed E-state index contributed by atoms with van der Waals surface area (Å²) in [6.07, 6.45) is 7.90. The summed E-state index contributed by atoms with van der Waals surface area (Å²) >= 11 is 1.46. The summed E-state index contributed by atoms with van der Waals surface area (Å²) < 4.78 is 0. The van der Waals surface area contributed by atoms with Crippen molar-refractivity contribution < 1.29 is 0 Å². The quantitative estimate of drug-likeness (QED) is 0.903. The maximum Gasteiger partial charge on any atom is 0.282 e. The molecule has 0 atom stereocenters. The Morgan fingerprint density at radius 3 is 2.94 bits per heavy atom. The van der Waals surface area contributed by atoms with E-state index in [0.717, 1.165) is 4.83 Å². The highest BCUT2D eigenvalue weighted by Crippen LogP contribution is 2.24. The molecule has 0 radical (unpaired) electrons. The van der Waals surface area contributed by atoms with Crippen molar-refractivity contribution in [2.75, 3.05) is 5.32 Å². The van der Waals surface area contributed by atoms with Crippen molar-refractivity contribution in [1.29, 1.82) is 0 Å². The molecule has 2 aromatic rings. The summed E-state index contributed by atoms with van der Waals surface area (Å²) in [4.78, 5) is 21.0. The van der Waals surface area contributed by atoms with E-state index in [1.54, 1.807) is 18.3 Å². The molecular formula is C13H15N3OS. The molecule has 0 amide bonds. The number of aromatic nitrogens is 2. The number of rotatable bonds is 2. The van der Waals surface area contributed by atoms with Gasteiger partial charge in [0.1, 0.15) is 4.83 Å². The van der Waals surface area contributed by atoms with Crippen molar-refractivity contribution in [3.05, 3.63) is 28.7 Å². The number of pyridine rings is 1. The van der Waals surface area contributed by atoms with Gasteiger partial charge in [0.05, 0.1) is 5.39 Å². The number of fused-ring (bicyclic) bond motifs is 1. The Bertz CT molecular complexity index is 604. The zero-order valence-corrected chi connectivity index (χ0v) is 10.9. The van der Waals surface area contributed by atoms with Gasteiger partial charge in [-0.1, -0.05) is 30.6 Å². The molecule has 0 unspecified atom stereocenters. The molecule has 94 valence electrons. The highest BCUT2D eigenvalue weighted by atomic mass is 32.1. The summed E-state index contributed by atoms with van der Waals surface area (Å²) in [5, 5.41) is 4.70. The van der Waals surface area contributed by atoms with Crippen LogP contribution in [-0.4, -0.2) is 16.0 Å². The number of nitrogens with one attached hydrogen (secondary N) is 1. The van der Waals surface area contributed by atoms with E-state index >= 15 is 0 Å². The number of anilines is 1. The molecule has 1 N–H and O–H groups in total. The van der Waals surface area contributed by atoms with Crippen molar-refractivity contribution in [3.8, 4) is 0 Å². The molecule has 0 spiro atoms. The van der Waals surface area contributed by atoms with E-state index in [2.05, 4.69) is 15.3 Å². The van der Waals surface area contributed by atoms with Crippen LogP contribution in [-0.2, 0) is 0 Å². The number of hydrogen-bond donors (Lipinski definition) is 1. The molecule has 0 aromatic carbocycles. The highest BCUT2D eigenvalue weighted by Gasteiger charge is 2.14. The smallest absolute Gasteiger partial charge is 0.282 e. The van der Waals surface area contributed by atoms with Crippen molar-refractivity contribution in [2.45, 2.75) is 38.1 Å². The normalized spacial score (nSPS) is 16.9. The van der Waals surface area contributed by atoms with Gasteiger partial charge >= 0.3 is 0 Å². The van der Waals surface area contributed by atoms with Crippen LogP contribution in [0.1, 0.15) is 32.1 Å². The predicted molar refractivity (Wildman–Crippen MR) is 74.2 cm³/mol. The molecule has 4 nitrogen and oxygen atoms in total. The third kappa shape index (κ3) is 2.36. The Labute approximate surface area is 109 Å². The standard InChI is InChI=1S/C13H15N3OS/c17-11-10-7-4-8-14-12(10)18-13(16-11)15-9-5-2-1-3-6-9/h4,7-9H,1-3,5-6H2,(H,15,16,17). The Morgan fingerprint density at radius 2 is 2.11 bits per heavy atom. The topological polar surface area (TPSA) is 54.9 Å². The highest BCUT2D eigenvalue weighted by molar-refractivity contribution is 7.21. The van der Waals surface area contributed by atoms with E-state index in [4.69, 9.17) is 0 Å². The van der Waals surface area contributed by atoms with Crippen LogP contribution in [0.5, 0.6) is 0 Å². The van der Waals surface area contributed by atoms with E-state index in [1.165, 1.54) is 43.4 Å². The van der Waals surface area contributed by atoms with E-state index in [0.29, 0.717) is 16.6 Å². The fourth-order valence-electron chi connectivity index (χ4n) is 2.39. The molecule has 1 aliphatic carbocycles. The molecular weight excluding hydrogens is 246 g/mol. The lowest BCUT2D eigenvalue weighted by Crippen LogP contribution is -2.23. The first kappa shape index (κ1) is 11.6. The van der Waals surface area contributed by atoms with Crippen molar-refractivity contribution >= 4 is 26.7 Å². The van der Waals surface area contributed by atoms with Crippen LogP contribution >= 0.6 is 11.3 Å². The van der Waals surface area contributed by atoms with Crippen LogP contribution in [0.25, 0.3) is 10.2 Å². The first-order chi connectivity index (χ1) is 8.83. The lowest BCUT2D eigenvalue weighted by molar-refractivity contribution is 0.462. The minimum atomic E-state index is -0.185. The van der Waals surface area contributed by atoms with E-state index in [-0.39, 0.29) is 5.56 Å². The van der Waals surface area contributed by atoms with Gasteiger partial charge < -0.3 is 5.32 Å². The van der Waals surface area contributed by atoms with E-state index in [1.807, 2.05) is 0 Å². The van der Waals surface area contributed by atoms with E-state index < -0.39 is 0 Å². The zero-order valence-electron chi connectivity index (χ0n) is 10.1. The van der Waals surface area contributed by atoms with Gasteiger partial charge in [-0.15, -0.1) is 0 Å². The van der Waals surface area contributed by atoms with Crippen molar-refractivity contribution in [3.63, 3.8) is 0 Å². The van der Waals surface area contributed by atoms with Crippen molar-refractivity contribution in [2.24, 2.45) is 0 Å². The minimum Gasteiger partial charge on any atom is -0.359 e. The fraction of sp³-hybridized carbons (Fsp3) is 0.462.